The fraction of sp³-hybridized carbons (Fsp3) is 0.286. The van der Waals surface area contributed by atoms with E-state index < -0.39 is 21.9 Å². The fourth-order valence-corrected chi connectivity index (χ4v) is 4.88. The van der Waals surface area contributed by atoms with Crippen molar-refractivity contribution in [2.24, 2.45) is 0 Å². The summed E-state index contributed by atoms with van der Waals surface area (Å²) in [5.41, 5.74) is 0.927. The van der Waals surface area contributed by atoms with Crippen LogP contribution in [0, 0.1) is 5.82 Å². The highest BCUT2D eigenvalue weighted by Crippen LogP contribution is 2.17. The van der Waals surface area contributed by atoms with Gasteiger partial charge in [0.25, 0.3) is 0 Å². The van der Waals surface area contributed by atoms with Crippen LogP contribution >= 0.6 is 11.8 Å². The molecule has 3 rings (SSSR count). The summed E-state index contributed by atoms with van der Waals surface area (Å²) in [6.45, 7) is 0.857. The summed E-state index contributed by atoms with van der Waals surface area (Å²) in [4.78, 5) is 15.2. The van der Waals surface area contributed by atoms with Crippen molar-refractivity contribution in [3.8, 4) is 0 Å². The van der Waals surface area contributed by atoms with Crippen LogP contribution in [0.1, 0.15) is 18.4 Å². The van der Waals surface area contributed by atoms with Crippen molar-refractivity contribution in [3.63, 3.8) is 0 Å². The summed E-state index contributed by atoms with van der Waals surface area (Å²) in [6.07, 6.45) is 6.59. The standard InChI is InChI=1S/C21H23FN2O3S2/c1-28-19-10-7-16(8-11-19)9-12-21(25)24-13-3-5-18(15-24)23-29(26,27)20-6-2-4-17(22)14-20/h2,4,6-12,14,18,23H,3,5,13,15H2,1H3/b12-9+. The summed E-state index contributed by atoms with van der Waals surface area (Å²) in [7, 11) is -3.84. The minimum absolute atomic E-state index is 0.116. The Hall–Kier alpha value is -2.16. The first-order valence-corrected chi connectivity index (χ1v) is 12.0. The van der Waals surface area contributed by atoms with Crippen LogP contribution in [0.4, 0.5) is 4.39 Å². The number of carbonyl (C=O) groups excluding carboxylic acids is 1. The largest absolute Gasteiger partial charge is 0.338 e. The van der Waals surface area contributed by atoms with Crippen LogP contribution in [0.2, 0.25) is 0 Å². The molecule has 0 bridgehead atoms. The predicted molar refractivity (Wildman–Crippen MR) is 114 cm³/mol. The Kier molecular flexibility index (Phi) is 7.10. The molecule has 1 heterocycles. The molecule has 0 aliphatic carbocycles. The molecule has 1 fully saturated rings. The Morgan fingerprint density at radius 1 is 1.24 bits per heavy atom. The average Bonchev–Trinajstić information content (AvgIpc) is 2.72. The maximum atomic E-state index is 13.4. The Morgan fingerprint density at radius 3 is 2.69 bits per heavy atom. The normalized spacial score (nSPS) is 17.6. The first-order valence-electron chi connectivity index (χ1n) is 9.26. The summed E-state index contributed by atoms with van der Waals surface area (Å²) in [5, 5.41) is 0. The van der Waals surface area contributed by atoms with Gasteiger partial charge in [0.2, 0.25) is 15.9 Å². The molecule has 154 valence electrons. The van der Waals surface area contributed by atoms with Crippen molar-refractivity contribution < 1.29 is 17.6 Å². The molecule has 1 unspecified atom stereocenters. The molecule has 1 aliphatic heterocycles. The molecule has 0 radical (unpaired) electrons. The predicted octanol–water partition coefficient (Wildman–Crippen LogP) is 3.53. The second kappa shape index (κ2) is 9.56. The van der Waals surface area contributed by atoms with E-state index in [1.165, 1.54) is 24.3 Å². The summed E-state index contributed by atoms with van der Waals surface area (Å²) >= 11 is 1.65. The van der Waals surface area contributed by atoms with E-state index in [2.05, 4.69) is 4.72 Å². The quantitative estimate of drug-likeness (QED) is 0.558. The van der Waals surface area contributed by atoms with Crippen LogP contribution in [0.5, 0.6) is 0 Å². The molecular weight excluding hydrogens is 411 g/mol. The zero-order valence-electron chi connectivity index (χ0n) is 16.0. The fourth-order valence-electron chi connectivity index (χ4n) is 3.18. The van der Waals surface area contributed by atoms with Crippen LogP contribution in [0.3, 0.4) is 0 Å². The Labute approximate surface area is 175 Å². The number of thioether (sulfide) groups is 1. The first kappa shape index (κ1) is 21.5. The number of hydrogen-bond acceptors (Lipinski definition) is 4. The molecule has 1 N–H and O–H groups in total. The van der Waals surface area contributed by atoms with E-state index in [1.54, 1.807) is 22.7 Å². The number of nitrogens with zero attached hydrogens (tertiary/aromatic N) is 1. The third kappa shape index (κ3) is 5.91. The van der Waals surface area contributed by atoms with Crippen LogP contribution in [-0.4, -0.2) is 44.6 Å². The number of benzene rings is 2. The molecule has 1 saturated heterocycles. The van der Waals surface area contributed by atoms with Crippen LogP contribution in [0.15, 0.2) is 64.4 Å². The number of halogens is 1. The van der Waals surface area contributed by atoms with E-state index in [4.69, 9.17) is 0 Å². The third-order valence-electron chi connectivity index (χ3n) is 4.70. The summed E-state index contributed by atoms with van der Waals surface area (Å²) in [6, 6.07) is 12.4. The third-order valence-corrected chi connectivity index (χ3v) is 6.96. The molecule has 1 aliphatic rings. The van der Waals surface area contributed by atoms with E-state index in [9.17, 15) is 17.6 Å². The number of likely N-dealkylation sites (tertiary alicyclic amines) is 1. The SMILES string of the molecule is CSc1ccc(/C=C/C(=O)N2CCCC(NS(=O)(=O)c3cccc(F)c3)C2)cc1. The van der Waals surface area contributed by atoms with E-state index >= 15 is 0 Å². The van der Waals surface area contributed by atoms with Gasteiger partial charge in [-0.15, -0.1) is 11.8 Å². The van der Waals surface area contributed by atoms with E-state index in [-0.39, 0.29) is 17.3 Å². The Balaban J connectivity index is 1.62. The molecule has 0 saturated carbocycles. The van der Waals surface area contributed by atoms with E-state index in [0.717, 1.165) is 16.5 Å². The number of nitrogens with one attached hydrogen (secondary N) is 1. The highest BCUT2D eigenvalue weighted by Gasteiger charge is 2.27. The lowest BCUT2D eigenvalue weighted by molar-refractivity contribution is -0.127. The van der Waals surface area contributed by atoms with Gasteiger partial charge in [0.15, 0.2) is 0 Å². The topological polar surface area (TPSA) is 66.5 Å². The monoisotopic (exact) mass is 434 g/mol. The molecule has 2 aromatic carbocycles. The molecule has 2 aromatic rings. The van der Waals surface area contributed by atoms with Gasteiger partial charge < -0.3 is 4.90 Å². The number of hydrogen-bond donors (Lipinski definition) is 1. The van der Waals surface area contributed by atoms with Crippen LogP contribution in [-0.2, 0) is 14.8 Å². The number of sulfonamides is 1. The van der Waals surface area contributed by atoms with Crippen molar-refractivity contribution in [1.82, 2.24) is 9.62 Å². The first-order chi connectivity index (χ1) is 13.9. The van der Waals surface area contributed by atoms with Crippen molar-refractivity contribution >= 4 is 33.8 Å². The second-order valence-corrected chi connectivity index (χ2v) is 9.40. The minimum Gasteiger partial charge on any atom is -0.338 e. The molecular formula is C21H23FN2O3S2. The van der Waals surface area contributed by atoms with Gasteiger partial charge in [0.1, 0.15) is 5.82 Å². The molecule has 1 atom stereocenters. The lowest BCUT2D eigenvalue weighted by atomic mass is 10.1. The molecule has 0 aromatic heterocycles. The second-order valence-electron chi connectivity index (χ2n) is 6.81. The van der Waals surface area contributed by atoms with Crippen LogP contribution < -0.4 is 4.72 Å². The van der Waals surface area contributed by atoms with Crippen molar-refractivity contribution in [3.05, 3.63) is 66.0 Å². The van der Waals surface area contributed by atoms with Gasteiger partial charge in [-0.25, -0.2) is 17.5 Å². The number of carbonyl (C=O) groups is 1. The Bertz CT molecular complexity index is 991. The highest BCUT2D eigenvalue weighted by molar-refractivity contribution is 7.98. The van der Waals surface area contributed by atoms with E-state index in [0.29, 0.717) is 19.4 Å². The van der Waals surface area contributed by atoms with Gasteiger partial charge in [-0.2, -0.15) is 0 Å². The number of rotatable bonds is 6. The van der Waals surface area contributed by atoms with E-state index in [1.807, 2.05) is 30.5 Å². The lowest BCUT2D eigenvalue weighted by Crippen LogP contribution is -2.49. The van der Waals surface area contributed by atoms with Gasteiger partial charge in [0.05, 0.1) is 4.90 Å². The van der Waals surface area contributed by atoms with Gasteiger partial charge in [-0.1, -0.05) is 18.2 Å². The van der Waals surface area contributed by atoms with Crippen molar-refractivity contribution in [2.45, 2.75) is 28.7 Å². The molecule has 5 nitrogen and oxygen atoms in total. The highest BCUT2D eigenvalue weighted by atomic mass is 32.2. The maximum absolute atomic E-state index is 13.4. The summed E-state index contributed by atoms with van der Waals surface area (Å²) < 4.78 is 40.9. The zero-order chi connectivity index (χ0) is 20.9. The molecule has 0 spiro atoms. The molecule has 1 amide bonds. The van der Waals surface area contributed by atoms with Gasteiger partial charge >= 0.3 is 0 Å². The Morgan fingerprint density at radius 2 is 2.00 bits per heavy atom. The zero-order valence-corrected chi connectivity index (χ0v) is 17.7. The minimum atomic E-state index is -3.84. The van der Waals surface area contributed by atoms with Crippen molar-refractivity contribution in [1.29, 1.82) is 0 Å². The van der Waals surface area contributed by atoms with Crippen LogP contribution in [0.25, 0.3) is 6.08 Å². The summed E-state index contributed by atoms with van der Waals surface area (Å²) in [5.74, 6) is -0.766. The smallest absolute Gasteiger partial charge is 0.246 e. The van der Waals surface area contributed by atoms with Gasteiger partial charge in [0, 0.05) is 30.1 Å². The van der Waals surface area contributed by atoms with Gasteiger partial charge in [-0.05, 0) is 61.1 Å². The lowest BCUT2D eigenvalue weighted by Gasteiger charge is -2.32. The average molecular weight is 435 g/mol. The molecule has 8 heteroatoms. The number of amides is 1. The number of piperidine rings is 1. The van der Waals surface area contributed by atoms with Gasteiger partial charge in [-0.3, -0.25) is 4.79 Å². The maximum Gasteiger partial charge on any atom is 0.246 e. The molecule has 29 heavy (non-hydrogen) atoms. The van der Waals surface area contributed by atoms with Crippen molar-refractivity contribution in [2.75, 3.05) is 19.3 Å².